The van der Waals surface area contributed by atoms with Gasteiger partial charge in [0, 0.05) is 37.3 Å². The molecule has 0 atom stereocenters. The number of amides is 2. The molecule has 1 fully saturated rings. The van der Waals surface area contributed by atoms with Gasteiger partial charge >= 0.3 is 0 Å². The Labute approximate surface area is 187 Å². The van der Waals surface area contributed by atoms with Gasteiger partial charge in [0.2, 0.25) is 0 Å². The second-order valence-corrected chi connectivity index (χ2v) is 7.96. The minimum absolute atomic E-state index is 0.298. The molecule has 0 unspecified atom stereocenters. The summed E-state index contributed by atoms with van der Waals surface area (Å²) in [6.07, 6.45) is 0. The van der Waals surface area contributed by atoms with Crippen molar-refractivity contribution in [1.29, 1.82) is 0 Å². The topological polar surface area (TPSA) is 53.1 Å². The SMILES string of the molecule is CCOc1cccc(N2C(=O)C(c3ccc(Cl)cc3)=C(N3CCN(CC)CC3)C2=O)c1. The molecule has 2 aromatic carbocycles. The number of benzene rings is 2. The molecule has 6 nitrogen and oxygen atoms in total. The first kappa shape index (κ1) is 21.4. The summed E-state index contributed by atoms with van der Waals surface area (Å²) in [5, 5.41) is 0.584. The molecule has 0 aliphatic carbocycles. The van der Waals surface area contributed by atoms with Crippen LogP contribution in [0.15, 0.2) is 54.2 Å². The van der Waals surface area contributed by atoms with Crippen LogP contribution >= 0.6 is 11.6 Å². The molecule has 0 N–H and O–H groups in total. The van der Waals surface area contributed by atoms with E-state index in [0.29, 0.717) is 53.0 Å². The van der Waals surface area contributed by atoms with E-state index >= 15 is 0 Å². The summed E-state index contributed by atoms with van der Waals surface area (Å²) in [4.78, 5) is 32.8. The van der Waals surface area contributed by atoms with Gasteiger partial charge in [-0.25, -0.2) is 4.90 Å². The van der Waals surface area contributed by atoms with Crippen molar-refractivity contribution in [3.63, 3.8) is 0 Å². The molecule has 31 heavy (non-hydrogen) atoms. The van der Waals surface area contributed by atoms with E-state index in [2.05, 4.69) is 11.8 Å². The minimum Gasteiger partial charge on any atom is -0.494 e. The largest absolute Gasteiger partial charge is 0.494 e. The molecule has 4 rings (SSSR count). The van der Waals surface area contributed by atoms with Crippen LogP contribution in [0.3, 0.4) is 0 Å². The van der Waals surface area contributed by atoms with Gasteiger partial charge in [0.15, 0.2) is 0 Å². The number of rotatable bonds is 6. The molecule has 0 spiro atoms. The molecule has 2 aliphatic rings. The van der Waals surface area contributed by atoms with Crippen LogP contribution in [0.1, 0.15) is 19.4 Å². The molecule has 2 aliphatic heterocycles. The first-order valence-corrected chi connectivity index (χ1v) is 11.0. The molecule has 0 saturated carbocycles. The van der Waals surface area contributed by atoms with Crippen LogP contribution in [0.5, 0.6) is 5.75 Å². The van der Waals surface area contributed by atoms with E-state index < -0.39 is 0 Å². The number of halogens is 1. The van der Waals surface area contributed by atoms with Crippen molar-refractivity contribution in [1.82, 2.24) is 9.80 Å². The summed E-state index contributed by atoms with van der Waals surface area (Å²) in [5.74, 6) is 0.00101. The molecular weight excluding hydrogens is 414 g/mol. The summed E-state index contributed by atoms with van der Waals surface area (Å²) in [6.45, 7) is 8.62. The Bertz CT molecular complexity index is 1010. The highest BCUT2D eigenvalue weighted by Crippen LogP contribution is 2.36. The fraction of sp³-hybridized carbons (Fsp3) is 0.333. The number of hydrogen-bond acceptors (Lipinski definition) is 5. The van der Waals surface area contributed by atoms with E-state index in [4.69, 9.17) is 16.3 Å². The Hall–Kier alpha value is -2.83. The highest BCUT2D eigenvalue weighted by molar-refractivity contribution is 6.45. The maximum absolute atomic E-state index is 13.6. The van der Waals surface area contributed by atoms with Crippen molar-refractivity contribution in [3.8, 4) is 5.75 Å². The van der Waals surface area contributed by atoms with Crippen LogP contribution in [0.25, 0.3) is 5.57 Å². The number of likely N-dealkylation sites (N-methyl/N-ethyl adjacent to an activating group) is 1. The molecule has 162 valence electrons. The summed E-state index contributed by atoms with van der Waals surface area (Å²) in [5.41, 5.74) is 2.09. The third-order valence-electron chi connectivity index (χ3n) is 5.71. The zero-order valence-corrected chi connectivity index (χ0v) is 18.6. The number of ether oxygens (including phenoxy) is 1. The Morgan fingerprint density at radius 1 is 0.935 bits per heavy atom. The maximum Gasteiger partial charge on any atom is 0.282 e. The Kier molecular flexibility index (Phi) is 6.30. The van der Waals surface area contributed by atoms with Crippen LogP contribution in [-0.2, 0) is 9.59 Å². The van der Waals surface area contributed by atoms with Gasteiger partial charge in [-0.3, -0.25) is 9.59 Å². The van der Waals surface area contributed by atoms with Crippen molar-refractivity contribution >= 4 is 34.7 Å². The van der Waals surface area contributed by atoms with Gasteiger partial charge in [0.1, 0.15) is 11.4 Å². The van der Waals surface area contributed by atoms with E-state index in [1.807, 2.05) is 17.9 Å². The minimum atomic E-state index is -0.325. The second-order valence-electron chi connectivity index (χ2n) is 7.53. The molecule has 2 heterocycles. The van der Waals surface area contributed by atoms with Crippen molar-refractivity contribution in [2.75, 3.05) is 44.2 Å². The molecule has 2 amide bonds. The lowest BCUT2D eigenvalue weighted by molar-refractivity contribution is -0.120. The molecular formula is C24H26ClN3O3. The number of carbonyl (C=O) groups excluding carboxylic acids is 2. The Morgan fingerprint density at radius 3 is 2.29 bits per heavy atom. The van der Waals surface area contributed by atoms with Gasteiger partial charge in [-0.05, 0) is 43.3 Å². The van der Waals surface area contributed by atoms with Crippen LogP contribution in [0, 0.1) is 0 Å². The third kappa shape index (κ3) is 4.18. The predicted molar refractivity (Wildman–Crippen MR) is 122 cm³/mol. The van der Waals surface area contributed by atoms with Gasteiger partial charge in [0.05, 0.1) is 17.9 Å². The van der Waals surface area contributed by atoms with Gasteiger partial charge in [0.25, 0.3) is 11.8 Å². The maximum atomic E-state index is 13.6. The fourth-order valence-electron chi connectivity index (χ4n) is 4.09. The molecule has 2 aromatic rings. The van der Waals surface area contributed by atoms with Gasteiger partial charge in [-0.2, -0.15) is 0 Å². The highest BCUT2D eigenvalue weighted by Gasteiger charge is 2.43. The van der Waals surface area contributed by atoms with Crippen molar-refractivity contribution in [2.24, 2.45) is 0 Å². The number of nitrogens with zero attached hydrogens (tertiary/aromatic N) is 3. The molecule has 0 radical (unpaired) electrons. The molecule has 0 aromatic heterocycles. The van der Waals surface area contributed by atoms with Crippen LogP contribution < -0.4 is 9.64 Å². The van der Waals surface area contributed by atoms with E-state index in [1.165, 1.54) is 4.90 Å². The Morgan fingerprint density at radius 2 is 1.65 bits per heavy atom. The van der Waals surface area contributed by atoms with Crippen LogP contribution in [0.2, 0.25) is 5.02 Å². The number of piperazine rings is 1. The standard InChI is InChI=1S/C24H26ClN3O3/c1-3-26-12-14-27(15-13-26)22-21(17-8-10-18(25)11-9-17)23(29)28(24(22)30)19-6-5-7-20(16-19)31-4-2/h5-11,16H,3-4,12-15H2,1-2H3. The van der Waals surface area contributed by atoms with E-state index in [1.54, 1.807) is 42.5 Å². The normalized spacial score (nSPS) is 17.6. The third-order valence-corrected chi connectivity index (χ3v) is 5.97. The van der Waals surface area contributed by atoms with Gasteiger partial charge in [-0.15, -0.1) is 0 Å². The van der Waals surface area contributed by atoms with Crippen LogP contribution in [0.4, 0.5) is 5.69 Å². The average Bonchev–Trinajstić information content (AvgIpc) is 3.05. The van der Waals surface area contributed by atoms with Crippen molar-refractivity contribution in [3.05, 3.63) is 64.8 Å². The summed E-state index contributed by atoms with van der Waals surface area (Å²) in [6, 6.07) is 14.2. The summed E-state index contributed by atoms with van der Waals surface area (Å²) >= 11 is 6.06. The summed E-state index contributed by atoms with van der Waals surface area (Å²) in [7, 11) is 0. The predicted octanol–water partition coefficient (Wildman–Crippen LogP) is 3.66. The van der Waals surface area contributed by atoms with Crippen LogP contribution in [-0.4, -0.2) is 60.9 Å². The lowest BCUT2D eigenvalue weighted by atomic mass is 10.0. The molecule has 1 saturated heterocycles. The number of imide groups is 1. The monoisotopic (exact) mass is 439 g/mol. The lowest BCUT2D eigenvalue weighted by Gasteiger charge is -2.36. The lowest BCUT2D eigenvalue weighted by Crippen LogP contribution is -2.47. The number of carbonyl (C=O) groups is 2. The second kappa shape index (κ2) is 9.12. The van der Waals surface area contributed by atoms with E-state index in [9.17, 15) is 9.59 Å². The Balaban J connectivity index is 1.75. The first-order valence-electron chi connectivity index (χ1n) is 10.6. The number of anilines is 1. The zero-order valence-electron chi connectivity index (χ0n) is 17.8. The highest BCUT2D eigenvalue weighted by atomic mass is 35.5. The first-order chi connectivity index (χ1) is 15.0. The quantitative estimate of drug-likeness (QED) is 0.643. The van der Waals surface area contributed by atoms with E-state index in [0.717, 1.165) is 19.6 Å². The summed E-state index contributed by atoms with van der Waals surface area (Å²) < 4.78 is 5.58. The molecule has 0 bridgehead atoms. The van der Waals surface area contributed by atoms with Gasteiger partial charge in [-0.1, -0.05) is 36.7 Å². The zero-order chi connectivity index (χ0) is 22.0. The smallest absolute Gasteiger partial charge is 0.282 e. The average molecular weight is 440 g/mol. The van der Waals surface area contributed by atoms with Crippen molar-refractivity contribution < 1.29 is 14.3 Å². The van der Waals surface area contributed by atoms with Crippen molar-refractivity contribution in [2.45, 2.75) is 13.8 Å². The fourth-order valence-corrected chi connectivity index (χ4v) is 4.22. The van der Waals surface area contributed by atoms with Gasteiger partial charge < -0.3 is 14.5 Å². The number of hydrogen-bond donors (Lipinski definition) is 0. The molecule has 7 heteroatoms. The van der Waals surface area contributed by atoms with E-state index in [-0.39, 0.29) is 11.8 Å².